The Morgan fingerprint density at radius 2 is 1.77 bits per heavy atom. The fourth-order valence-electron chi connectivity index (χ4n) is 3.42. The zero-order valence-corrected chi connectivity index (χ0v) is 16.7. The summed E-state index contributed by atoms with van der Waals surface area (Å²) in [5.74, 6) is -0.797. The Labute approximate surface area is 176 Å². The van der Waals surface area contributed by atoms with Crippen molar-refractivity contribution in [3.05, 3.63) is 87.8 Å². The molecule has 4 rings (SSSR count). The highest BCUT2D eigenvalue weighted by molar-refractivity contribution is 6.11. The van der Waals surface area contributed by atoms with Crippen molar-refractivity contribution in [2.45, 2.75) is 20.0 Å². The zero-order valence-electron chi connectivity index (χ0n) is 16.7. The molecular weight excluding hydrogens is 400 g/mol. The number of fused-ring (bicyclic) bond motifs is 1. The molecule has 8 heteroatoms. The molecule has 0 spiro atoms. The van der Waals surface area contributed by atoms with Crippen molar-refractivity contribution in [3.8, 4) is 11.3 Å². The maximum Gasteiger partial charge on any atom is 0.374 e. The number of nitrogens with one attached hydrogen (secondary N) is 1. The number of non-ortho nitro benzene ring substituents is 1. The number of H-pyrrole nitrogens is 1. The van der Waals surface area contributed by atoms with Gasteiger partial charge in [0.05, 0.1) is 4.92 Å². The first-order valence-corrected chi connectivity index (χ1v) is 9.52. The van der Waals surface area contributed by atoms with Crippen LogP contribution in [0.25, 0.3) is 22.2 Å². The number of ether oxygens (including phenoxy) is 1. The van der Waals surface area contributed by atoms with Crippen LogP contribution >= 0.6 is 0 Å². The summed E-state index contributed by atoms with van der Waals surface area (Å²) >= 11 is 0. The Bertz CT molecular complexity index is 1300. The average molecular weight is 418 g/mol. The maximum atomic E-state index is 12.9. The van der Waals surface area contributed by atoms with Crippen LogP contribution in [0, 0.1) is 17.0 Å². The first kappa shape index (κ1) is 20.1. The highest BCUT2D eigenvalue weighted by Crippen LogP contribution is 2.26. The van der Waals surface area contributed by atoms with E-state index in [1.165, 1.54) is 37.3 Å². The molecule has 8 nitrogen and oxygen atoms in total. The molecule has 0 radical (unpaired) electrons. The van der Waals surface area contributed by atoms with Crippen molar-refractivity contribution in [2.24, 2.45) is 0 Å². The van der Waals surface area contributed by atoms with Crippen molar-refractivity contribution in [1.82, 2.24) is 4.98 Å². The summed E-state index contributed by atoms with van der Waals surface area (Å²) in [7, 11) is 0. The number of para-hydroxylation sites is 1. The van der Waals surface area contributed by atoms with Crippen LogP contribution in [-0.2, 0) is 4.74 Å². The quantitative estimate of drug-likeness (QED) is 0.202. The highest BCUT2D eigenvalue weighted by atomic mass is 16.6. The number of hydrogen-bond acceptors (Lipinski definition) is 6. The van der Waals surface area contributed by atoms with Gasteiger partial charge in [-0.25, -0.2) is 4.79 Å². The van der Waals surface area contributed by atoms with E-state index >= 15 is 0 Å². The number of Topliss-reactive ketones (excluding diaryl/α,β-unsaturated/α-hetero) is 1. The van der Waals surface area contributed by atoms with Gasteiger partial charge in [0.15, 0.2) is 6.10 Å². The molecule has 2 aromatic carbocycles. The first-order chi connectivity index (χ1) is 14.8. The van der Waals surface area contributed by atoms with Gasteiger partial charge in [-0.2, -0.15) is 0 Å². The normalized spacial score (nSPS) is 11.9. The van der Waals surface area contributed by atoms with Crippen LogP contribution in [0.4, 0.5) is 5.69 Å². The van der Waals surface area contributed by atoms with Gasteiger partial charge in [-0.1, -0.05) is 18.2 Å². The van der Waals surface area contributed by atoms with Crippen LogP contribution in [0.15, 0.2) is 65.1 Å². The molecule has 4 aromatic rings. The lowest BCUT2D eigenvalue weighted by molar-refractivity contribution is -0.384. The topological polar surface area (TPSA) is 115 Å². The summed E-state index contributed by atoms with van der Waals surface area (Å²) in [6.07, 6.45) is -1.02. The molecule has 0 saturated carbocycles. The third kappa shape index (κ3) is 3.83. The average Bonchev–Trinajstić information content (AvgIpc) is 3.37. The summed E-state index contributed by atoms with van der Waals surface area (Å²) in [6, 6.07) is 16.2. The molecule has 2 heterocycles. The molecule has 0 fully saturated rings. The Balaban J connectivity index is 1.50. The standard InChI is InChI=1S/C23H18N2O6/c1-13-21(17-5-3-4-6-18(17)24-13)22(26)14(2)30-23(27)20-12-11-19(31-20)15-7-9-16(10-8-15)25(28)29/h3-12,14,24H,1-2H3. The van der Waals surface area contributed by atoms with Crippen LogP contribution in [-0.4, -0.2) is 27.8 Å². The number of ketones is 1. The second-order valence-electron chi connectivity index (χ2n) is 7.05. The predicted molar refractivity (Wildman–Crippen MR) is 113 cm³/mol. The molecule has 2 aromatic heterocycles. The van der Waals surface area contributed by atoms with Gasteiger partial charge in [0.25, 0.3) is 5.69 Å². The lowest BCUT2D eigenvalue weighted by Gasteiger charge is -2.11. The Morgan fingerprint density at radius 1 is 1.06 bits per heavy atom. The minimum Gasteiger partial charge on any atom is -0.449 e. The number of aryl methyl sites for hydroxylation is 1. The summed E-state index contributed by atoms with van der Waals surface area (Å²) in [4.78, 5) is 38.9. The number of aromatic amines is 1. The molecule has 0 aliphatic carbocycles. The second kappa shape index (κ2) is 7.91. The number of esters is 1. The Hall–Kier alpha value is -4.20. The summed E-state index contributed by atoms with van der Waals surface area (Å²) in [5.41, 5.74) is 2.55. The van der Waals surface area contributed by atoms with E-state index in [0.29, 0.717) is 22.6 Å². The lowest BCUT2D eigenvalue weighted by Crippen LogP contribution is -2.24. The molecule has 1 unspecified atom stereocenters. The second-order valence-corrected chi connectivity index (χ2v) is 7.05. The number of nitrogens with zero attached hydrogens (tertiary/aromatic N) is 1. The van der Waals surface area contributed by atoms with E-state index in [1.807, 2.05) is 24.3 Å². The first-order valence-electron chi connectivity index (χ1n) is 9.52. The van der Waals surface area contributed by atoms with Gasteiger partial charge in [0.1, 0.15) is 5.76 Å². The van der Waals surface area contributed by atoms with Gasteiger partial charge >= 0.3 is 5.97 Å². The molecule has 156 valence electrons. The summed E-state index contributed by atoms with van der Waals surface area (Å²) in [5, 5.41) is 11.5. The van der Waals surface area contributed by atoms with Gasteiger partial charge < -0.3 is 14.1 Å². The number of nitro benzene ring substituents is 1. The molecule has 0 aliphatic rings. The van der Waals surface area contributed by atoms with Gasteiger partial charge in [0, 0.05) is 39.9 Å². The largest absolute Gasteiger partial charge is 0.449 e. The maximum absolute atomic E-state index is 12.9. The molecule has 1 N–H and O–H groups in total. The summed E-state index contributed by atoms with van der Waals surface area (Å²) in [6.45, 7) is 3.31. The van der Waals surface area contributed by atoms with Crippen molar-refractivity contribution in [3.63, 3.8) is 0 Å². The number of benzene rings is 2. The van der Waals surface area contributed by atoms with E-state index in [0.717, 1.165) is 10.9 Å². The van der Waals surface area contributed by atoms with Gasteiger partial charge in [-0.15, -0.1) is 0 Å². The van der Waals surface area contributed by atoms with E-state index in [9.17, 15) is 19.7 Å². The van der Waals surface area contributed by atoms with Crippen molar-refractivity contribution < 1.29 is 23.7 Å². The number of carbonyl (C=O) groups excluding carboxylic acids is 2. The fourth-order valence-corrected chi connectivity index (χ4v) is 3.42. The van der Waals surface area contributed by atoms with Crippen LogP contribution in [0.5, 0.6) is 0 Å². The third-order valence-electron chi connectivity index (χ3n) is 4.96. The molecule has 0 bridgehead atoms. The summed E-state index contributed by atoms with van der Waals surface area (Å²) < 4.78 is 10.9. The number of carbonyl (C=O) groups is 2. The van der Waals surface area contributed by atoms with Crippen molar-refractivity contribution in [1.29, 1.82) is 0 Å². The fraction of sp³-hybridized carbons (Fsp3) is 0.130. The van der Waals surface area contributed by atoms with Crippen molar-refractivity contribution in [2.75, 3.05) is 0 Å². The Morgan fingerprint density at radius 3 is 2.48 bits per heavy atom. The molecule has 1 atom stereocenters. The van der Waals surface area contributed by atoms with E-state index in [-0.39, 0.29) is 17.2 Å². The highest BCUT2D eigenvalue weighted by Gasteiger charge is 2.26. The number of hydrogen-bond donors (Lipinski definition) is 1. The lowest BCUT2D eigenvalue weighted by atomic mass is 10.0. The predicted octanol–water partition coefficient (Wildman–Crippen LogP) is 5.07. The molecule has 0 amide bonds. The number of aromatic nitrogens is 1. The Kier molecular flexibility index (Phi) is 5.12. The van der Waals surface area contributed by atoms with E-state index < -0.39 is 17.0 Å². The monoisotopic (exact) mass is 418 g/mol. The number of rotatable bonds is 6. The zero-order chi connectivity index (χ0) is 22.1. The van der Waals surface area contributed by atoms with Crippen LogP contribution in [0.3, 0.4) is 0 Å². The molecular formula is C23H18N2O6. The van der Waals surface area contributed by atoms with Gasteiger partial charge in [-0.05, 0) is 44.2 Å². The molecule has 0 aliphatic heterocycles. The van der Waals surface area contributed by atoms with E-state index in [2.05, 4.69) is 4.98 Å². The third-order valence-corrected chi connectivity index (χ3v) is 4.96. The molecule has 31 heavy (non-hydrogen) atoms. The molecule has 0 saturated heterocycles. The number of furan rings is 1. The smallest absolute Gasteiger partial charge is 0.374 e. The minimum absolute atomic E-state index is 0.0464. The SMILES string of the molecule is Cc1[nH]c2ccccc2c1C(=O)C(C)OC(=O)c1ccc(-c2ccc([N+](=O)[O-])cc2)o1. The van der Waals surface area contributed by atoms with Crippen LogP contribution < -0.4 is 0 Å². The van der Waals surface area contributed by atoms with Crippen LogP contribution in [0.1, 0.15) is 33.5 Å². The van der Waals surface area contributed by atoms with Crippen LogP contribution in [0.2, 0.25) is 0 Å². The minimum atomic E-state index is -1.02. The van der Waals surface area contributed by atoms with Gasteiger partial charge in [-0.3, -0.25) is 14.9 Å². The van der Waals surface area contributed by atoms with E-state index in [4.69, 9.17) is 9.15 Å². The van der Waals surface area contributed by atoms with Crippen molar-refractivity contribution >= 4 is 28.3 Å². The number of nitro groups is 1. The van der Waals surface area contributed by atoms with Gasteiger partial charge in [0.2, 0.25) is 11.5 Å². The van der Waals surface area contributed by atoms with E-state index in [1.54, 1.807) is 13.0 Å².